The number of nitrogens with zero attached hydrogens (tertiary/aromatic N) is 5. The Balaban J connectivity index is 1.16. The van der Waals surface area contributed by atoms with Crippen LogP contribution < -0.4 is 15.5 Å². The van der Waals surface area contributed by atoms with Crippen molar-refractivity contribution in [1.29, 1.82) is 0 Å². The van der Waals surface area contributed by atoms with Crippen molar-refractivity contribution in [3.05, 3.63) is 53.7 Å². The van der Waals surface area contributed by atoms with Crippen LogP contribution in [0.25, 0.3) is 10.3 Å². The second kappa shape index (κ2) is 8.71. The molecule has 1 atom stereocenters. The molecule has 0 aliphatic carbocycles. The topological polar surface area (TPSA) is 95.9 Å². The Hall–Kier alpha value is -3.25. The summed E-state index contributed by atoms with van der Waals surface area (Å²) in [6.07, 6.45) is 2.49. The third kappa shape index (κ3) is 4.65. The summed E-state index contributed by atoms with van der Waals surface area (Å²) in [6, 6.07) is 7.10. The summed E-state index contributed by atoms with van der Waals surface area (Å²) in [6.45, 7) is 1.64. The van der Waals surface area contributed by atoms with Gasteiger partial charge in [0.05, 0.1) is 11.1 Å². The SMILES string of the molecule is O=C(Cc1cc(F)cc(F)c1)Nc1nnc(N[C@@H]2CCN(c3nc4ncccc4s3)C2)s1. The van der Waals surface area contributed by atoms with Crippen LogP contribution in [0, 0.1) is 11.6 Å². The maximum atomic E-state index is 13.3. The zero-order chi connectivity index (χ0) is 22.1. The van der Waals surface area contributed by atoms with Gasteiger partial charge in [0.15, 0.2) is 10.8 Å². The first-order valence-electron chi connectivity index (χ1n) is 9.83. The van der Waals surface area contributed by atoms with E-state index in [1.54, 1.807) is 17.5 Å². The van der Waals surface area contributed by atoms with E-state index in [-0.39, 0.29) is 18.0 Å². The molecule has 0 spiro atoms. The van der Waals surface area contributed by atoms with Crippen LogP contribution in [0.15, 0.2) is 36.5 Å². The number of carbonyl (C=O) groups excluding carboxylic acids is 1. The Morgan fingerprint density at radius 1 is 1.16 bits per heavy atom. The second-order valence-corrected chi connectivity index (χ2v) is 9.30. The smallest absolute Gasteiger partial charge is 0.230 e. The van der Waals surface area contributed by atoms with Gasteiger partial charge in [-0.15, -0.1) is 10.2 Å². The van der Waals surface area contributed by atoms with Crippen molar-refractivity contribution in [2.45, 2.75) is 18.9 Å². The minimum Gasteiger partial charge on any atom is -0.355 e. The zero-order valence-corrected chi connectivity index (χ0v) is 18.2. The van der Waals surface area contributed by atoms with Gasteiger partial charge in [0.2, 0.25) is 16.2 Å². The molecule has 2 N–H and O–H groups in total. The number of pyridine rings is 1. The quantitative estimate of drug-likeness (QED) is 0.441. The van der Waals surface area contributed by atoms with E-state index in [9.17, 15) is 13.6 Å². The highest BCUT2D eigenvalue weighted by Gasteiger charge is 2.26. The highest BCUT2D eigenvalue weighted by Crippen LogP contribution is 2.31. The molecule has 4 aromatic rings. The van der Waals surface area contributed by atoms with E-state index in [2.05, 4.69) is 35.7 Å². The lowest BCUT2D eigenvalue weighted by Crippen LogP contribution is -2.25. The van der Waals surface area contributed by atoms with E-state index in [0.717, 1.165) is 53.2 Å². The predicted octanol–water partition coefficient (Wildman–Crippen LogP) is 3.69. The third-order valence-electron chi connectivity index (χ3n) is 4.90. The summed E-state index contributed by atoms with van der Waals surface area (Å²) in [5.74, 6) is -1.86. The van der Waals surface area contributed by atoms with E-state index >= 15 is 0 Å². The highest BCUT2D eigenvalue weighted by atomic mass is 32.1. The summed E-state index contributed by atoms with van der Waals surface area (Å²) < 4.78 is 27.6. The Labute approximate surface area is 189 Å². The first-order chi connectivity index (χ1) is 15.5. The molecular formula is C20H17F2N7OS2. The predicted molar refractivity (Wildman–Crippen MR) is 120 cm³/mol. The van der Waals surface area contributed by atoms with Crippen LogP contribution in [0.2, 0.25) is 0 Å². The van der Waals surface area contributed by atoms with Gasteiger partial charge >= 0.3 is 0 Å². The normalized spacial score (nSPS) is 15.9. The lowest BCUT2D eigenvalue weighted by Gasteiger charge is -2.14. The van der Waals surface area contributed by atoms with Gasteiger partial charge in [-0.25, -0.2) is 13.8 Å². The average molecular weight is 474 g/mol. The fourth-order valence-corrected chi connectivity index (χ4v) is 5.21. The minimum atomic E-state index is -0.720. The van der Waals surface area contributed by atoms with Crippen molar-refractivity contribution in [3.63, 3.8) is 0 Å². The lowest BCUT2D eigenvalue weighted by molar-refractivity contribution is -0.115. The van der Waals surface area contributed by atoms with E-state index < -0.39 is 17.5 Å². The van der Waals surface area contributed by atoms with Crippen molar-refractivity contribution < 1.29 is 13.6 Å². The van der Waals surface area contributed by atoms with Crippen LogP contribution in [0.4, 0.5) is 24.2 Å². The van der Waals surface area contributed by atoms with Gasteiger partial charge in [0, 0.05) is 31.4 Å². The van der Waals surface area contributed by atoms with Crippen LogP contribution in [0.5, 0.6) is 0 Å². The van der Waals surface area contributed by atoms with Gasteiger partial charge in [-0.05, 0) is 36.2 Å². The van der Waals surface area contributed by atoms with Crippen molar-refractivity contribution in [1.82, 2.24) is 20.2 Å². The molecule has 164 valence electrons. The van der Waals surface area contributed by atoms with Crippen LogP contribution in [0.3, 0.4) is 0 Å². The number of aromatic nitrogens is 4. The fourth-order valence-electron chi connectivity index (χ4n) is 3.51. The fraction of sp³-hybridized carbons (Fsp3) is 0.250. The van der Waals surface area contributed by atoms with E-state index in [0.29, 0.717) is 10.3 Å². The number of anilines is 3. The zero-order valence-electron chi connectivity index (χ0n) is 16.6. The number of benzene rings is 1. The van der Waals surface area contributed by atoms with E-state index in [4.69, 9.17) is 0 Å². The largest absolute Gasteiger partial charge is 0.355 e. The van der Waals surface area contributed by atoms with E-state index in [1.165, 1.54) is 11.3 Å². The standard InChI is InChI=1S/C20H17F2N7OS2/c21-12-6-11(7-13(22)9-12)8-16(30)25-19-28-27-18(32-19)24-14-3-5-29(10-14)20-26-17-15(31-20)2-1-4-23-17/h1-2,4,6-7,9,14H,3,5,8,10H2,(H,24,27)(H,25,28,30)/t14-/m1/s1. The number of nitrogens with one attached hydrogen (secondary N) is 2. The molecule has 1 amide bonds. The Morgan fingerprint density at radius 2 is 1.97 bits per heavy atom. The number of fused-ring (bicyclic) bond motifs is 1. The summed E-state index contributed by atoms with van der Waals surface area (Å²) in [5, 5.41) is 15.9. The monoisotopic (exact) mass is 473 g/mol. The molecule has 4 heterocycles. The van der Waals surface area contributed by atoms with Gasteiger partial charge < -0.3 is 15.5 Å². The molecule has 0 radical (unpaired) electrons. The van der Waals surface area contributed by atoms with Crippen LogP contribution in [0.1, 0.15) is 12.0 Å². The molecule has 1 aromatic carbocycles. The van der Waals surface area contributed by atoms with Gasteiger partial charge in [-0.2, -0.15) is 4.98 Å². The third-order valence-corrected chi connectivity index (χ3v) is 6.74. The van der Waals surface area contributed by atoms with Crippen LogP contribution in [-0.4, -0.2) is 45.2 Å². The number of hydrogen-bond acceptors (Lipinski definition) is 9. The summed E-state index contributed by atoms with van der Waals surface area (Å²) in [7, 11) is 0. The van der Waals surface area contributed by atoms with Crippen LogP contribution >= 0.6 is 22.7 Å². The summed E-state index contributed by atoms with van der Waals surface area (Å²) in [4.78, 5) is 23.3. The molecule has 32 heavy (non-hydrogen) atoms. The molecule has 0 bridgehead atoms. The highest BCUT2D eigenvalue weighted by molar-refractivity contribution is 7.22. The first kappa shape index (κ1) is 20.6. The lowest BCUT2D eigenvalue weighted by atomic mass is 10.1. The number of halogens is 2. The molecular weight excluding hydrogens is 456 g/mol. The molecule has 0 saturated carbocycles. The minimum absolute atomic E-state index is 0.161. The number of thiazole rings is 1. The van der Waals surface area contributed by atoms with Crippen molar-refractivity contribution in [2.24, 2.45) is 0 Å². The summed E-state index contributed by atoms with van der Waals surface area (Å²) >= 11 is 2.83. The summed E-state index contributed by atoms with van der Waals surface area (Å²) in [5.41, 5.74) is 1.01. The molecule has 8 nitrogen and oxygen atoms in total. The molecule has 3 aromatic heterocycles. The molecule has 1 aliphatic rings. The van der Waals surface area contributed by atoms with Gasteiger partial charge in [0.25, 0.3) is 0 Å². The molecule has 1 fully saturated rings. The molecule has 5 rings (SSSR count). The number of hydrogen-bond donors (Lipinski definition) is 2. The van der Waals surface area contributed by atoms with Gasteiger partial charge in [0.1, 0.15) is 11.6 Å². The van der Waals surface area contributed by atoms with Crippen molar-refractivity contribution in [2.75, 3.05) is 28.6 Å². The molecule has 12 heteroatoms. The van der Waals surface area contributed by atoms with Crippen LogP contribution in [-0.2, 0) is 11.2 Å². The Bertz CT molecular complexity index is 1220. The van der Waals surface area contributed by atoms with Gasteiger partial charge in [-0.3, -0.25) is 4.79 Å². The second-order valence-electron chi connectivity index (χ2n) is 7.31. The number of rotatable bonds is 6. The molecule has 1 saturated heterocycles. The number of carbonyl (C=O) groups is 1. The maximum Gasteiger partial charge on any atom is 0.230 e. The van der Waals surface area contributed by atoms with Crippen molar-refractivity contribution >= 4 is 54.3 Å². The average Bonchev–Trinajstić information content (AvgIpc) is 3.47. The molecule has 0 unspecified atom stereocenters. The maximum absolute atomic E-state index is 13.3. The first-order valence-corrected chi connectivity index (χ1v) is 11.5. The Morgan fingerprint density at radius 3 is 2.78 bits per heavy atom. The number of amides is 1. The van der Waals surface area contributed by atoms with Crippen molar-refractivity contribution in [3.8, 4) is 0 Å². The van der Waals surface area contributed by atoms with E-state index in [1.807, 2.05) is 12.1 Å². The molecule has 1 aliphatic heterocycles. The van der Waals surface area contributed by atoms with Gasteiger partial charge in [-0.1, -0.05) is 22.7 Å². The Kier molecular flexibility index (Phi) is 5.62.